The molecule has 5 unspecified atom stereocenters. The second kappa shape index (κ2) is 9.64. The average molecular weight is 482 g/mol. The Balaban J connectivity index is 1.21. The maximum atomic E-state index is 13.7. The Morgan fingerprint density at radius 2 is 1.69 bits per heavy atom. The number of hydrogen-bond acceptors (Lipinski definition) is 5. The molecule has 32 heavy (non-hydrogen) atoms. The van der Waals surface area contributed by atoms with Gasteiger partial charge in [-0.05, 0) is 51.4 Å². The number of hydrogen-bond donors (Lipinski definition) is 3. The molecule has 5 rings (SSSR count). The first-order chi connectivity index (χ1) is 15.2. The van der Waals surface area contributed by atoms with Crippen LogP contribution in [0.25, 0.3) is 0 Å². The lowest BCUT2D eigenvalue weighted by atomic mass is 9.61. The van der Waals surface area contributed by atoms with Gasteiger partial charge in [-0.25, -0.2) is 13.2 Å². The van der Waals surface area contributed by atoms with Gasteiger partial charge in [0.15, 0.2) is 6.10 Å². The van der Waals surface area contributed by atoms with Crippen LogP contribution in [0.15, 0.2) is 0 Å². The minimum absolute atomic E-state index is 0.0602. The van der Waals surface area contributed by atoms with Crippen LogP contribution < -0.4 is 16.1 Å². The van der Waals surface area contributed by atoms with Crippen LogP contribution in [0.5, 0.6) is 0 Å². The molecular formula is C21H31ClF3N3O4. The van der Waals surface area contributed by atoms with E-state index in [1.165, 1.54) is 0 Å². The molecule has 1 aliphatic heterocycles. The Bertz CT molecular complexity index is 691. The van der Waals surface area contributed by atoms with Crippen LogP contribution in [0.2, 0.25) is 0 Å². The highest BCUT2D eigenvalue weighted by atomic mass is 35.5. The second-order valence-corrected chi connectivity index (χ2v) is 10.3. The third-order valence-electron chi connectivity index (χ3n) is 7.56. The lowest BCUT2D eigenvalue weighted by Gasteiger charge is -2.54. The molecule has 1 heterocycles. The zero-order valence-electron chi connectivity index (χ0n) is 17.9. The van der Waals surface area contributed by atoms with Crippen LogP contribution >= 0.6 is 11.6 Å². The Hall–Kier alpha value is -1.10. The van der Waals surface area contributed by atoms with Crippen LogP contribution in [0, 0.1) is 0 Å². The number of alkyl halides is 4. The number of ether oxygens (including phenoxy) is 1. The molecule has 182 valence electrons. The average Bonchev–Trinajstić information content (AvgIpc) is 3.27. The fourth-order valence-electron chi connectivity index (χ4n) is 5.43. The first kappa shape index (κ1) is 24.0. The molecule has 2 amide bonds. The molecule has 2 bridgehead atoms. The van der Waals surface area contributed by atoms with E-state index >= 15 is 0 Å². The molecule has 7 nitrogen and oxygen atoms in total. The molecule has 5 fully saturated rings. The van der Waals surface area contributed by atoms with Gasteiger partial charge < -0.3 is 15.4 Å². The van der Waals surface area contributed by atoms with Crippen molar-refractivity contribution in [3.8, 4) is 0 Å². The highest BCUT2D eigenvalue weighted by Crippen LogP contribution is 2.47. The molecule has 4 saturated carbocycles. The monoisotopic (exact) mass is 481 g/mol. The van der Waals surface area contributed by atoms with Crippen molar-refractivity contribution in [2.24, 2.45) is 0 Å². The number of rotatable bonds is 7. The van der Waals surface area contributed by atoms with Crippen LogP contribution in [-0.2, 0) is 19.2 Å². The summed E-state index contributed by atoms with van der Waals surface area (Å²) in [6.45, 7) is -0.106. The summed E-state index contributed by atoms with van der Waals surface area (Å²) in [5.41, 5.74) is 1.52. The van der Waals surface area contributed by atoms with Crippen molar-refractivity contribution in [1.82, 2.24) is 16.1 Å². The standard InChI is InChI=1S/C21H31ClF3N3O4/c22-13-2-1-12(9-14(13)23)31-11-17(29)26-20-3-6-21(7-4-20,8-5-20)27-19(30)16-10-15(18(24)25)28-32-16/h12-16,18,28H,1-11H2,(H,26,29)(H,27,30). The quantitative estimate of drug-likeness (QED) is 0.486. The van der Waals surface area contributed by atoms with Crippen LogP contribution in [-0.4, -0.2) is 65.7 Å². The van der Waals surface area contributed by atoms with E-state index in [9.17, 15) is 22.8 Å². The number of carbonyl (C=O) groups is 2. The topological polar surface area (TPSA) is 88.7 Å². The van der Waals surface area contributed by atoms with Gasteiger partial charge in [-0.3, -0.25) is 14.4 Å². The number of hydroxylamine groups is 1. The molecule has 3 N–H and O–H groups in total. The van der Waals surface area contributed by atoms with Crippen molar-refractivity contribution < 1.29 is 32.3 Å². The maximum absolute atomic E-state index is 13.7. The zero-order chi connectivity index (χ0) is 22.9. The van der Waals surface area contributed by atoms with Crippen molar-refractivity contribution >= 4 is 23.4 Å². The Morgan fingerprint density at radius 3 is 2.25 bits per heavy atom. The number of nitrogens with one attached hydrogen (secondary N) is 3. The number of amides is 2. The lowest BCUT2D eigenvalue weighted by Crippen LogP contribution is -2.64. The molecule has 0 aromatic rings. The molecule has 5 atom stereocenters. The van der Waals surface area contributed by atoms with E-state index < -0.39 is 30.1 Å². The third kappa shape index (κ3) is 5.34. The van der Waals surface area contributed by atoms with Crippen LogP contribution in [0.3, 0.4) is 0 Å². The third-order valence-corrected chi connectivity index (χ3v) is 8.05. The molecule has 11 heteroatoms. The van der Waals surface area contributed by atoms with E-state index in [0.29, 0.717) is 51.4 Å². The van der Waals surface area contributed by atoms with Crippen molar-refractivity contribution in [1.29, 1.82) is 0 Å². The van der Waals surface area contributed by atoms with E-state index in [4.69, 9.17) is 21.2 Å². The first-order valence-corrected chi connectivity index (χ1v) is 11.9. The van der Waals surface area contributed by atoms with Gasteiger partial charge in [0, 0.05) is 23.9 Å². The summed E-state index contributed by atoms with van der Waals surface area (Å²) in [7, 11) is 0. The van der Waals surface area contributed by atoms with E-state index in [-0.39, 0.29) is 48.4 Å². The van der Waals surface area contributed by atoms with Gasteiger partial charge >= 0.3 is 0 Å². The van der Waals surface area contributed by atoms with Crippen LogP contribution in [0.1, 0.15) is 64.2 Å². The summed E-state index contributed by atoms with van der Waals surface area (Å²) in [5.74, 6) is -0.583. The molecule has 1 saturated heterocycles. The molecule has 0 spiro atoms. The largest absolute Gasteiger partial charge is 0.368 e. The number of carbonyl (C=O) groups excluding carboxylic acids is 2. The van der Waals surface area contributed by atoms with E-state index in [0.717, 1.165) is 0 Å². The molecule has 5 aliphatic rings. The van der Waals surface area contributed by atoms with Crippen molar-refractivity contribution in [2.45, 2.75) is 112 Å². The van der Waals surface area contributed by atoms with Gasteiger partial charge in [0.25, 0.3) is 12.3 Å². The predicted octanol–water partition coefficient (Wildman–Crippen LogP) is 2.51. The summed E-state index contributed by atoms with van der Waals surface area (Å²) in [4.78, 5) is 30.1. The fraction of sp³-hybridized carbons (Fsp3) is 0.905. The Labute approximate surface area is 190 Å². The minimum atomic E-state index is -2.59. The highest BCUT2D eigenvalue weighted by Gasteiger charge is 2.51. The van der Waals surface area contributed by atoms with Crippen molar-refractivity contribution in [3.63, 3.8) is 0 Å². The predicted molar refractivity (Wildman–Crippen MR) is 110 cm³/mol. The van der Waals surface area contributed by atoms with Crippen molar-refractivity contribution in [2.75, 3.05) is 6.61 Å². The lowest BCUT2D eigenvalue weighted by molar-refractivity contribution is -0.138. The van der Waals surface area contributed by atoms with Gasteiger partial charge in [-0.15, -0.1) is 11.6 Å². The van der Waals surface area contributed by atoms with E-state index in [2.05, 4.69) is 16.1 Å². The number of halogens is 4. The van der Waals surface area contributed by atoms with Gasteiger partial charge in [0.2, 0.25) is 5.91 Å². The molecule has 0 aromatic carbocycles. The van der Waals surface area contributed by atoms with Gasteiger partial charge in [0.05, 0.1) is 17.5 Å². The van der Waals surface area contributed by atoms with Crippen molar-refractivity contribution in [3.05, 3.63) is 0 Å². The Morgan fingerprint density at radius 1 is 1.06 bits per heavy atom. The molecule has 4 aliphatic carbocycles. The smallest absolute Gasteiger partial charge is 0.256 e. The molecule has 0 radical (unpaired) electrons. The SMILES string of the molecule is O=C(COC1CCC(Cl)C(F)C1)NC12CCC(NC(=O)C3CC(C(F)F)NO3)(CC1)CC2. The van der Waals surface area contributed by atoms with Gasteiger partial charge in [-0.2, -0.15) is 5.48 Å². The van der Waals surface area contributed by atoms with Gasteiger partial charge in [-0.1, -0.05) is 0 Å². The molecule has 0 aromatic heterocycles. The highest BCUT2D eigenvalue weighted by molar-refractivity contribution is 6.21. The normalized spacial score (nSPS) is 41.6. The Kier molecular flexibility index (Phi) is 7.24. The zero-order valence-corrected chi connectivity index (χ0v) is 18.6. The maximum Gasteiger partial charge on any atom is 0.256 e. The summed E-state index contributed by atoms with van der Waals surface area (Å²) in [6, 6.07) is -1.13. The molecular weight excluding hydrogens is 451 g/mol. The van der Waals surface area contributed by atoms with Gasteiger partial charge in [0.1, 0.15) is 12.8 Å². The minimum Gasteiger partial charge on any atom is -0.368 e. The number of fused-ring (bicyclic) bond motifs is 3. The fourth-order valence-corrected chi connectivity index (χ4v) is 5.66. The summed E-state index contributed by atoms with van der Waals surface area (Å²) in [5, 5.41) is 5.67. The van der Waals surface area contributed by atoms with Crippen LogP contribution in [0.4, 0.5) is 13.2 Å². The summed E-state index contributed by atoms with van der Waals surface area (Å²) in [6.07, 6.45) is 0.664. The first-order valence-electron chi connectivity index (χ1n) is 11.4. The summed E-state index contributed by atoms with van der Waals surface area (Å²) < 4.78 is 44.9. The van der Waals surface area contributed by atoms with E-state index in [1.807, 2.05) is 0 Å². The second-order valence-electron chi connectivity index (χ2n) is 9.78. The summed E-state index contributed by atoms with van der Waals surface area (Å²) >= 11 is 5.89. The van der Waals surface area contributed by atoms with E-state index in [1.54, 1.807) is 0 Å².